The average molecular weight is 331 g/mol. The van der Waals surface area contributed by atoms with Crippen LogP contribution in [-0.2, 0) is 16.6 Å². The van der Waals surface area contributed by atoms with Crippen LogP contribution >= 0.6 is 23.6 Å². The van der Waals surface area contributed by atoms with E-state index in [9.17, 15) is 12.8 Å². The number of benzene rings is 1. The van der Waals surface area contributed by atoms with Gasteiger partial charge in [0.2, 0.25) is 10.0 Å². The molecule has 0 bridgehead atoms. The maximum absolute atomic E-state index is 13.4. The minimum absolute atomic E-state index is 0.0611. The van der Waals surface area contributed by atoms with Crippen LogP contribution in [-0.4, -0.2) is 18.4 Å². The predicted molar refractivity (Wildman–Crippen MR) is 78.4 cm³/mol. The van der Waals surface area contributed by atoms with Crippen LogP contribution in [0.2, 0.25) is 0 Å². The fourth-order valence-electron chi connectivity index (χ4n) is 1.44. The Morgan fingerprint density at radius 1 is 1.50 bits per heavy atom. The summed E-state index contributed by atoms with van der Waals surface area (Å²) in [6, 6.07) is 3.29. The zero-order valence-corrected chi connectivity index (χ0v) is 12.5. The minimum atomic E-state index is -3.78. The summed E-state index contributed by atoms with van der Waals surface area (Å²) in [5.41, 5.74) is 7.46. The summed E-state index contributed by atoms with van der Waals surface area (Å²) in [5.74, 6) is -0.657. The van der Waals surface area contributed by atoms with Gasteiger partial charge in [-0.3, -0.25) is 0 Å². The molecule has 1 aromatic heterocycles. The molecule has 20 heavy (non-hydrogen) atoms. The van der Waals surface area contributed by atoms with Crippen LogP contribution in [0.4, 0.5) is 4.39 Å². The Morgan fingerprint density at radius 2 is 2.25 bits per heavy atom. The molecule has 0 atom stereocenters. The molecule has 2 rings (SSSR count). The van der Waals surface area contributed by atoms with Crippen LogP contribution in [0.15, 0.2) is 34.0 Å². The van der Waals surface area contributed by atoms with E-state index in [4.69, 9.17) is 5.73 Å². The van der Waals surface area contributed by atoms with Gasteiger partial charge in [0.15, 0.2) is 0 Å². The summed E-state index contributed by atoms with van der Waals surface area (Å²) in [4.78, 5) is 3.67. The van der Waals surface area contributed by atoms with Crippen molar-refractivity contribution in [1.82, 2.24) is 9.71 Å². The van der Waals surface area contributed by atoms with E-state index in [1.165, 1.54) is 11.3 Å². The fourth-order valence-corrected chi connectivity index (χ4v) is 3.18. The molecule has 2 aromatic rings. The van der Waals surface area contributed by atoms with E-state index in [-0.39, 0.29) is 22.0 Å². The van der Waals surface area contributed by atoms with Crippen molar-refractivity contribution in [3.05, 3.63) is 46.2 Å². The average Bonchev–Trinajstić information content (AvgIpc) is 2.89. The number of hydrogen-bond donors (Lipinski definition) is 2. The van der Waals surface area contributed by atoms with Gasteiger partial charge < -0.3 is 5.73 Å². The first-order chi connectivity index (χ1) is 9.40. The number of nitrogens with one attached hydrogen (secondary N) is 1. The highest BCUT2D eigenvalue weighted by atomic mass is 32.2. The Kier molecular flexibility index (Phi) is 4.43. The molecule has 0 aliphatic carbocycles. The highest BCUT2D eigenvalue weighted by Crippen LogP contribution is 2.15. The lowest BCUT2D eigenvalue weighted by Gasteiger charge is -2.08. The first-order valence-electron chi connectivity index (χ1n) is 5.36. The lowest BCUT2D eigenvalue weighted by atomic mass is 10.2. The van der Waals surface area contributed by atoms with Gasteiger partial charge in [0.1, 0.15) is 10.8 Å². The Bertz CT molecular complexity index is 729. The predicted octanol–water partition coefficient (Wildman–Crippen LogP) is 1.39. The summed E-state index contributed by atoms with van der Waals surface area (Å²) in [6.45, 7) is 0.0611. The molecule has 0 aliphatic heterocycles. The van der Waals surface area contributed by atoms with Crippen molar-refractivity contribution in [2.24, 2.45) is 5.73 Å². The molecule has 0 aliphatic rings. The molecular weight excluding hydrogens is 321 g/mol. The molecule has 3 N–H and O–H groups in total. The monoisotopic (exact) mass is 331 g/mol. The van der Waals surface area contributed by atoms with Crippen LogP contribution in [0, 0.1) is 5.82 Å². The Morgan fingerprint density at radius 3 is 2.85 bits per heavy atom. The highest BCUT2D eigenvalue weighted by molar-refractivity contribution is 7.89. The molecule has 0 saturated heterocycles. The summed E-state index contributed by atoms with van der Waals surface area (Å²) < 4.78 is 39.9. The van der Waals surface area contributed by atoms with Gasteiger partial charge in [0, 0.05) is 10.9 Å². The van der Waals surface area contributed by atoms with Crippen molar-refractivity contribution in [3.63, 3.8) is 0 Å². The number of thiocarbonyl (C=S) groups is 1. The SMILES string of the molecule is NC(=S)c1cc(S(=O)(=O)NCc2cscn2)ccc1F. The van der Waals surface area contributed by atoms with E-state index in [0.717, 1.165) is 18.2 Å². The normalized spacial score (nSPS) is 11.4. The van der Waals surface area contributed by atoms with E-state index in [0.29, 0.717) is 5.69 Å². The highest BCUT2D eigenvalue weighted by Gasteiger charge is 2.17. The fraction of sp³-hybridized carbons (Fsp3) is 0.0909. The molecular formula is C11H10FN3O2S3. The van der Waals surface area contributed by atoms with E-state index in [2.05, 4.69) is 21.9 Å². The molecule has 106 valence electrons. The Labute approximate surface area is 124 Å². The van der Waals surface area contributed by atoms with E-state index >= 15 is 0 Å². The number of nitrogens with two attached hydrogens (primary N) is 1. The Hall–Kier alpha value is -1.42. The van der Waals surface area contributed by atoms with Gasteiger partial charge in [-0.05, 0) is 18.2 Å². The molecule has 0 spiro atoms. The zero-order valence-electron chi connectivity index (χ0n) is 10.0. The van der Waals surface area contributed by atoms with Gasteiger partial charge in [-0.15, -0.1) is 11.3 Å². The number of aromatic nitrogens is 1. The number of nitrogens with zero attached hydrogens (tertiary/aromatic N) is 1. The molecule has 0 fully saturated rings. The second-order valence-electron chi connectivity index (χ2n) is 3.81. The van der Waals surface area contributed by atoms with Crippen molar-refractivity contribution in [2.45, 2.75) is 11.4 Å². The van der Waals surface area contributed by atoms with Gasteiger partial charge in [0.25, 0.3) is 0 Å². The summed E-state index contributed by atoms with van der Waals surface area (Å²) in [6.07, 6.45) is 0. The second kappa shape index (κ2) is 5.92. The van der Waals surface area contributed by atoms with Crippen molar-refractivity contribution in [3.8, 4) is 0 Å². The zero-order chi connectivity index (χ0) is 14.8. The van der Waals surface area contributed by atoms with Crippen LogP contribution in [0.1, 0.15) is 11.3 Å². The van der Waals surface area contributed by atoms with E-state index in [1.807, 2.05) is 0 Å². The third-order valence-corrected chi connectivity index (χ3v) is 4.69. The van der Waals surface area contributed by atoms with Crippen molar-refractivity contribution < 1.29 is 12.8 Å². The van der Waals surface area contributed by atoms with Crippen LogP contribution in [0.25, 0.3) is 0 Å². The molecule has 0 unspecified atom stereocenters. The summed E-state index contributed by atoms with van der Waals surface area (Å²) in [5, 5.41) is 1.73. The minimum Gasteiger partial charge on any atom is -0.389 e. The molecule has 1 heterocycles. The van der Waals surface area contributed by atoms with Crippen LogP contribution in [0.5, 0.6) is 0 Å². The number of halogens is 1. The third kappa shape index (κ3) is 3.37. The van der Waals surface area contributed by atoms with E-state index in [1.54, 1.807) is 10.9 Å². The quantitative estimate of drug-likeness (QED) is 0.809. The second-order valence-corrected chi connectivity index (χ2v) is 6.74. The topological polar surface area (TPSA) is 85.1 Å². The first kappa shape index (κ1) is 15.0. The molecule has 1 aromatic carbocycles. The van der Waals surface area contributed by atoms with Crippen molar-refractivity contribution in [1.29, 1.82) is 0 Å². The van der Waals surface area contributed by atoms with Crippen LogP contribution < -0.4 is 10.5 Å². The maximum Gasteiger partial charge on any atom is 0.240 e. The number of sulfonamides is 1. The van der Waals surface area contributed by atoms with Crippen molar-refractivity contribution in [2.75, 3.05) is 0 Å². The molecule has 0 saturated carbocycles. The molecule has 5 nitrogen and oxygen atoms in total. The van der Waals surface area contributed by atoms with Gasteiger partial charge in [0.05, 0.1) is 22.6 Å². The maximum atomic E-state index is 13.4. The largest absolute Gasteiger partial charge is 0.389 e. The Balaban J connectivity index is 2.25. The van der Waals surface area contributed by atoms with Gasteiger partial charge >= 0.3 is 0 Å². The lowest BCUT2D eigenvalue weighted by molar-refractivity contribution is 0.579. The number of hydrogen-bond acceptors (Lipinski definition) is 5. The standard InChI is InChI=1S/C11H10FN3O2S3/c12-10-2-1-8(3-9(10)11(13)18)20(16,17)15-4-7-5-19-6-14-7/h1-3,5-6,15H,4H2,(H2,13,18). The summed E-state index contributed by atoms with van der Waals surface area (Å²) in [7, 11) is -3.78. The third-order valence-electron chi connectivity index (χ3n) is 2.44. The molecule has 0 radical (unpaired) electrons. The van der Waals surface area contributed by atoms with Gasteiger partial charge in [-0.1, -0.05) is 12.2 Å². The lowest BCUT2D eigenvalue weighted by Crippen LogP contribution is -2.24. The molecule has 0 amide bonds. The van der Waals surface area contributed by atoms with Gasteiger partial charge in [-0.2, -0.15) is 0 Å². The molecule has 9 heteroatoms. The van der Waals surface area contributed by atoms with E-state index < -0.39 is 15.8 Å². The van der Waals surface area contributed by atoms with Gasteiger partial charge in [-0.25, -0.2) is 22.5 Å². The number of rotatable bonds is 5. The van der Waals surface area contributed by atoms with Crippen molar-refractivity contribution >= 4 is 38.6 Å². The summed E-state index contributed by atoms with van der Waals surface area (Å²) >= 11 is 6.04. The number of thiazole rings is 1. The smallest absolute Gasteiger partial charge is 0.240 e. The first-order valence-corrected chi connectivity index (χ1v) is 8.19. The van der Waals surface area contributed by atoms with Crippen LogP contribution in [0.3, 0.4) is 0 Å².